The molecule has 2 rings (SSSR count). The highest BCUT2D eigenvalue weighted by atomic mass is 16.7. The van der Waals surface area contributed by atoms with Gasteiger partial charge in [-0.05, 0) is 24.6 Å². The quantitative estimate of drug-likeness (QED) is 0.346. The van der Waals surface area contributed by atoms with E-state index in [0.717, 1.165) is 0 Å². The van der Waals surface area contributed by atoms with Crippen LogP contribution in [0.1, 0.15) is 12.5 Å². The van der Waals surface area contributed by atoms with Crippen molar-refractivity contribution in [1.29, 1.82) is 0 Å². The summed E-state index contributed by atoms with van der Waals surface area (Å²) >= 11 is 0. The second-order valence-corrected chi connectivity index (χ2v) is 3.53. The van der Waals surface area contributed by atoms with E-state index in [2.05, 4.69) is 0 Å². The van der Waals surface area contributed by atoms with Crippen LogP contribution in [0, 0.1) is 10.1 Å². The summed E-state index contributed by atoms with van der Waals surface area (Å²) in [6.07, 6.45) is 2.07. The maximum absolute atomic E-state index is 10.9. The van der Waals surface area contributed by atoms with E-state index in [-0.39, 0.29) is 12.5 Å². The standard InChI is InChI=1S/C11H9NO5/c1-7(5-13)2-8-3-10-11(17-6-16-10)4-9(8)12(14)15/h2-5H,6H2,1H3/b7-2+. The zero-order valence-corrected chi connectivity index (χ0v) is 9.00. The zero-order chi connectivity index (χ0) is 12.4. The van der Waals surface area contributed by atoms with Gasteiger partial charge in [0.1, 0.15) is 6.29 Å². The molecule has 1 aliphatic rings. The molecule has 1 aromatic carbocycles. The fourth-order valence-electron chi connectivity index (χ4n) is 1.50. The summed E-state index contributed by atoms with van der Waals surface area (Å²) in [5.74, 6) is 0.790. The summed E-state index contributed by atoms with van der Waals surface area (Å²) in [6, 6.07) is 2.79. The molecule has 0 saturated carbocycles. The first kappa shape index (κ1) is 11.1. The van der Waals surface area contributed by atoms with Crippen LogP contribution in [-0.4, -0.2) is 18.0 Å². The molecular formula is C11H9NO5. The van der Waals surface area contributed by atoms with E-state index in [1.807, 2.05) is 0 Å². The lowest BCUT2D eigenvalue weighted by Crippen LogP contribution is -1.93. The molecule has 0 aromatic heterocycles. The molecule has 0 aliphatic carbocycles. The Kier molecular flexibility index (Phi) is 2.78. The minimum absolute atomic E-state index is 0.0479. The Hall–Kier alpha value is -2.37. The number of benzene rings is 1. The van der Waals surface area contributed by atoms with Crippen molar-refractivity contribution in [2.45, 2.75) is 6.92 Å². The first-order chi connectivity index (χ1) is 8.11. The van der Waals surface area contributed by atoms with Crippen LogP contribution in [0.25, 0.3) is 6.08 Å². The molecule has 0 amide bonds. The Balaban J connectivity index is 2.56. The lowest BCUT2D eigenvalue weighted by Gasteiger charge is -2.01. The largest absolute Gasteiger partial charge is 0.454 e. The van der Waals surface area contributed by atoms with Gasteiger partial charge in [0.15, 0.2) is 11.5 Å². The van der Waals surface area contributed by atoms with Crippen LogP contribution in [0.3, 0.4) is 0 Å². The van der Waals surface area contributed by atoms with E-state index in [0.29, 0.717) is 28.9 Å². The molecule has 1 aromatic rings. The molecule has 0 unspecified atom stereocenters. The third-order valence-corrected chi connectivity index (χ3v) is 2.29. The van der Waals surface area contributed by atoms with Crippen LogP contribution in [0.5, 0.6) is 11.5 Å². The van der Waals surface area contributed by atoms with Crippen molar-refractivity contribution in [2.24, 2.45) is 0 Å². The monoisotopic (exact) mass is 235 g/mol. The van der Waals surface area contributed by atoms with Crippen molar-refractivity contribution in [3.63, 3.8) is 0 Å². The second kappa shape index (κ2) is 4.25. The Morgan fingerprint density at radius 2 is 2.06 bits per heavy atom. The molecule has 1 aliphatic heterocycles. The van der Waals surface area contributed by atoms with Crippen LogP contribution in [-0.2, 0) is 4.79 Å². The highest BCUT2D eigenvalue weighted by Gasteiger charge is 2.22. The van der Waals surface area contributed by atoms with Crippen LogP contribution >= 0.6 is 0 Å². The molecular weight excluding hydrogens is 226 g/mol. The van der Waals surface area contributed by atoms with Gasteiger partial charge in [-0.15, -0.1) is 0 Å². The Labute approximate surface area is 96.6 Å². The zero-order valence-electron chi connectivity index (χ0n) is 9.00. The first-order valence-corrected chi connectivity index (χ1v) is 4.83. The predicted molar refractivity (Wildman–Crippen MR) is 58.9 cm³/mol. The Morgan fingerprint density at radius 1 is 1.41 bits per heavy atom. The van der Waals surface area contributed by atoms with Gasteiger partial charge < -0.3 is 9.47 Å². The average molecular weight is 235 g/mol. The van der Waals surface area contributed by atoms with Crippen molar-refractivity contribution in [1.82, 2.24) is 0 Å². The number of ether oxygens (including phenoxy) is 2. The smallest absolute Gasteiger partial charge is 0.280 e. The first-order valence-electron chi connectivity index (χ1n) is 4.83. The SMILES string of the molecule is C/C(C=O)=C\c1cc2c(cc1[N+](=O)[O-])OCO2. The molecule has 0 atom stereocenters. The van der Waals surface area contributed by atoms with Gasteiger partial charge in [0.05, 0.1) is 16.6 Å². The van der Waals surface area contributed by atoms with E-state index >= 15 is 0 Å². The molecule has 6 nitrogen and oxygen atoms in total. The number of carbonyl (C=O) groups excluding carboxylic acids is 1. The lowest BCUT2D eigenvalue weighted by atomic mass is 10.1. The highest BCUT2D eigenvalue weighted by Crippen LogP contribution is 2.38. The normalized spacial score (nSPS) is 13.6. The fraction of sp³-hybridized carbons (Fsp3) is 0.182. The van der Waals surface area contributed by atoms with Crippen molar-refractivity contribution in [3.05, 3.63) is 33.4 Å². The molecule has 0 N–H and O–H groups in total. The van der Waals surface area contributed by atoms with Crippen LogP contribution in [0.2, 0.25) is 0 Å². The van der Waals surface area contributed by atoms with E-state index < -0.39 is 4.92 Å². The molecule has 0 radical (unpaired) electrons. The summed E-state index contributed by atoms with van der Waals surface area (Å²) in [4.78, 5) is 20.9. The van der Waals surface area contributed by atoms with Crippen molar-refractivity contribution >= 4 is 18.0 Å². The van der Waals surface area contributed by atoms with Gasteiger partial charge in [0, 0.05) is 0 Å². The van der Waals surface area contributed by atoms with Gasteiger partial charge in [0.2, 0.25) is 6.79 Å². The van der Waals surface area contributed by atoms with Crippen LogP contribution in [0.4, 0.5) is 5.69 Å². The number of nitro benzene ring substituents is 1. The summed E-state index contributed by atoms with van der Waals surface area (Å²) < 4.78 is 10.2. The number of fused-ring (bicyclic) bond motifs is 1. The maximum Gasteiger partial charge on any atom is 0.280 e. The molecule has 1 heterocycles. The maximum atomic E-state index is 10.9. The number of rotatable bonds is 3. The van der Waals surface area contributed by atoms with Gasteiger partial charge >= 0.3 is 0 Å². The molecule has 0 fully saturated rings. The number of nitro groups is 1. The van der Waals surface area contributed by atoms with Crippen molar-refractivity contribution in [2.75, 3.05) is 6.79 Å². The Bertz CT molecular complexity index is 521. The minimum Gasteiger partial charge on any atom is -0.454 e. The van der Waals surface area contributed by atoms with Gasteiger partial charge in [-0.25, -0.2) is 0 Å². The summed E-state index contributed by atoms with van der Waals surface area (Å²) in [7, 11) is 0. The second-order valence-electron chi connectivity index (χ2n) is 3.53. The van der Waals surface area contributed by atoms with Gasteiger partial charge in [-0.3, -0.25) is 14.9 Å². The highest BCUT2D eigenvalue weighted by molar-refractivity contribution is 5.83. The topological polar surface area (TPSA) is 78.7 Å². The third-order valence-electron chi connectivity index (χ3n) is 2.29. The molecule has 0 saturated heterocycles. The third kappa shape index (κ3) is 2.10. The molecule has 17 heavy (non-hydrogen) atoms. The minimum atomic E-state index is -0.522. The molecule has 6 heteroatoms. The van der Waals surface area contributed by atoms with Gasteiger partial charge in [-0.2, -0.15) is 0 Å². The number of nitrogens with zero attached hydrogens (tertiary/aromatic N) is 1. The average Bonchev–Trinajstić information content (AvgIpc) is 2.74. The van der Waals surface area contributed by atoms with Crippen molar-refractivity contribution in [3.8, 4) is 11.5 Å². The number of aldehydes is 1. The predicted octanol–water partition coefficient (Wildman–Crippen LogP) is 1.93. The molecule has 0 bridgehead atoms. The van der Waals surface area contributed by atoms with E-state index in [1.165, 1.54) is 18.2 Å². The summed E-state index contributed by atoms with van der Waals surface area (Å²) in [5.41, 5.74) is 0.603. The van der Waals surface area contributed by atoms with Crippen LogP contribution in [0.15, 0.2) is 17.7 Å². The molecule has 0 spiro atoms. The van der Waals surface area contributed by atoms with Gasteiger partial charge in [0.25, 0.3) is 5.69 Å². The summed E-state index contributed by atoms with van der Waals surface area (Å²) in [6.45, 7) is 1.62. The summed E-state index contributed by atoms with van der Waals surface area (Å²) in [5, 5.41) is 10.9. The number of carbonyl (C=O) groups is 1. The Morgan fingerprint density at radius 3 is 2.65 bits per heavy atom. The number of hydrogen-bond acceptors (Lipinski definition) is 5. The van der Waals surface area contributed by atoms with E-state index in [4.69, 9.17) is 9.47 Å². The van der Waals surface area contributed by atoms with E-state index in [9.17, 15) is 14.9 Å². The lowest BCUT2D eigenvalue weighted by molar-refractivity contribution is -0.385. The van der Waals surface area contributed by atoms with E-state index in [1.54, 1.807) is 6.92 Å². The van der Waals surface area contributed by atoms with Crippen molar-refractivity contribution < 1.29 is 19.2 Å². The van der Waals surface area contributed by atoms with Crippen LogP contribution < -0.4 is 9.47 Å². The molecule has 88 valence electrons. The van der Waals surface area contributed by atoms with Gasteiger partial charge in [-0.1, -0.05) is 0 Å². The number of allylic oxidation sites excluding steroid dienone is 1. The number of hydrogen-bond donors (Lipinski definition) is 0. The fourth-order valence-corrected chi connectivity index (χ4v) is 1.50.